The lowest BCUT2D eigenvalue weighted by molar-refractivity contribution is -0.117. The maximum atomic E-state index is 12.0. The van der Waals surface area contributed by atoms with Gasteiger partial charge in [0.2, 0.25) is 0 Å². The van der Waals surface area contributed by atoms with Crippen LogP contribution in [-0.4, -0.2) is 30.6 Å². The lowest BCUT2D eigenvalue weighted by Crippen LogP contribution is -2.26. The normalized spacial score (nSPS) is 11.2. The molecule has 2 rings (SSSR count). The first-order valence-electron chi connectivity index (χ1n) is 7.21. The maximum absolute atomic E-state index is 12.0. The van der Waals surface area contributed by atoms with E-state index in [9.17, 15) is 4.79 Å². The highest BCUT2D eigenvalue weighted by Gasteiger charge is 2.10. The number of carbonyl (C=O) groups is 1. The van der Waals surface area contributed by atoms with Crippen molar-refractivity contribution in [2.24, 2.45) is 0 Å². The van der Waals surface area contributed by atoms with Crippen LogP contribution in [0.4, 0.5) is 0 Å². The number of thiazole rings is 1. The number of aromatic nitrogens is 1. The van der Waals surface area contributed by atoms with Crippen LogP contribution in [0.5, 0.6) is 0 Å². The summed E-state index contributed by atoms with van der Waals surface area (Å²) in [6.45, 7) is 3.66. The summed E-state index contributed by atoms with van der Waals surface area (Å²) >= 11 is 3.10. The van der Waals surface area contributed by atoms with E-state index in [1.807, 2.05) is 35.9 Å². The summed E-state index contributed by atoms with van der Waals surface area (Å²) in [7, 11) is 0. The molecule has 1 N–H and O–H groups in total. The van der Waals surface area contributed by atoms with Crippen molar-refractivity contribution in [2.75, 3.05) is 19.8 Å². The Balaban J connectivity index is 1.96. The number of ether oxygens (including phenoxy) is 1. The van der Waals surface area contributed by atoms with E-state index in [2.05, 4.69) is 10.3 Å². The number of nitriles is 1. The minimum atomic E-state index is -0.380. The van der Waals surface area contributed by atoms with Crippen molar-refractivity contribution in [1.29, 1.82) is 5.26 Å². The van der Waals surface area contributed by atoms with Crippen LogP contribution in [0.1, 0.15) is 19.0 Å². The summed E-state index contributed by atoms with van der Waals surface area (Å²) in [5, 5.41) is 16.6. The van der Waals surface area contributed by atoms with Gasteiger partial charge in [0.25, 0.3) is 5.91 Å². The number of carbonyl (C=O) groups excluding carboxylic acids is 1. The molecule has 1 amide bonds. The van der Waals surface area contributed by atoms with Gasteiger partial charge in [0.1, 0.15) is 16.6 Å². The number of amides is 1. The maximum Gasteiger partial charge on any atom is 0.262 e. The van der Waals surface area contributed by atoms with Crippen LogP contribution in [-0.2, 0) is 9.53 Å². The molecule has 2 heterocycles. The predicted octanol–water partition coefficient (Wildman–Crippen LogP) is 3.32. The third-order valence-electron chi connectivity index (χ3n) is 2.87. The fourth-order valence-corrected chi connectivity index (χ4v) is 3.37. The van der Waals surface area contributed by atoms with Crippen LogP contribution < -0.4 is 5.32 Å². The van der Waals surface area contributed by atoms with Gasteiger partial charge in [-0.05, 0) is 30.9 Å². The average molecular weight is 347 g/mol. The Morgan fingerprint density at radius 2 is 2.39 bits per heavy atom. The molecule has 5 nitrogen and oxygen atoms in total. The van der Waals surface area contributed by atoms with E-state index >= 15 is 0 Å². The summed E-state index contributed by atoms with van der Waals surface area (Å²) in [6.07, 6.45) is 2.24. The predicted molar refractivity (Wildman–Crippen MR) is 93.1 cm³/mol. The number of hydrogen-bond acceptors (Lipinski definition) is 6. The van der Waals surface area contributed by atoms with Crippen molar-refractivity contribution in [3.05, 3.63) is 34.2 Å². The zero-order chi connectivity index (χ0) is 16.5. The van der Waals surface area contributed by atoms with Gasteiger partial charge in [-0.1, -0.05) is 6.07 Å². The van der Waals surface area contributed by atoms with E-state index in [0.717, 1.165) is 16.3 Å². The highest BCUT2D eigenvalue weighted by Crippen LogP contribution is 2.28. The molecule has 0 aliphatic carbocycles. The number of hydrogen-bond donors (Lipinski definition) is 1. The largest absolute Gasteiger partial charge is 0.382 e. The third-order valence-corrected chi connectivity index (χ3v) is 4.77. The first-order chi connectivity index (χ1) is 11.2. The fraction of sp³-hybridized carbons (Fsp3) is 0.312. The molecular weight excluding hydrogens is 330 g/mol. The van der Waals surface area contributed by atoms with Gasteiger partial charge in [-0.15, -0.1) is 22.7 Å². The Hall–Kier alpha value is -2.01. The molecule has 0 unspecified atom stereocenters. The number of rotatable bonds is 8. The minimum absolute atomic E-state index is 0.0597. The van der Waals surface area contributed by atoms with Crippen LogP contribution >= 0.6 is 22.7 Å². The summed E-state index contributed by atoms with van der Waals surface area (Å²) in [5.41, 5.74) is 0.684. The molecule has 2 aromatic heterocycles. The van der Waals surface area contributed by atoms with Gasteiger partial charge in [0.05, 0.1) is 10.6 Å². The molecule has 0 saturated heterocycles. The minimum Gasteiger partial charge on any atom is -0.382 e. The van der Waals surface area contributed by atoms with E-state index in [4.69, 9.17) is 10.00 Å². The van der Waals surface area contributed by atoms with Crippen LogP contribution in [0.2, 0.25) is 0 Å². The second-order valence-electron chi connectivity index (χ2n) is 4.53. The second kappa shape index (κ2) is 9.20. The Kier molecular flexibility index (Phi) is 6.94. The van der Waals surface area contributed by atoms with Crippen molar-refractivity contribution < 1.29 is 9.53 Å². The van der Waals surface area contributed by atoms with Gasteiger partial charge < -0.3 is 10.1 Å². The Labute approximate surface area is 143 Å². The van der Waals surface area contributed by atoms with Crippen molar-refractivity contribution >= 4 is 34.7 Å². The van der Waals surface area contributed by atoms with Crippen LogP contribution in [0.3, 0.4) is 0 Å². The van der Waals surface area contributed by atoms with Gasteiger partial charge >= 0.3 is 0 Å². The molecule has 0 fully saturated rings. The number of thiophene rings is 1. The smallest absolute Gasteiger partial charge is 0.262 e. The fourth-order valence-electron chi connectivity index (χ4n) is 1.78. The summed E-state index contributed by atoms with van der Waals surface area (Å²) in [6, 6.07) is 5.89. The molecule has 0 spiro atoms. The summed E-state index contributed by atoms with van der Waals surface area (Å²) in [4.78, 5) is 17.5. The molecule has 2 aromatic rings. The zero-order valence-electron chi connectivity index (χ0n) is 12.7. The lowest BCUT2D eigenvalue weighted by atomic mass is 10.2. The molecule has 0 aromatic carbocycles. The van der Waals surface area contributed by atoms with E-state index < -0.39 is 0 Å². The van der Waals surface area contributed by atoms with Crippen molar-refractivity contribution in [3.63, 3.8) is 0 Å². The van der Waals surface area contributed by atoms with Gasteiger partial charge in [-0.25, -0.2) is 4.98 Å². The first-order valence-corrected chi connectivity index (χ1v) is 8.97. The highest BCUT2D eigenvalue weighted by atomic mass is 32.1. The molecule has 0 radical (unpaired) electrons. The van der Waals surface area contributed by atoms with Crippen LogP contribution in [0, 0.1) is 11.3 Å². The second-order valence-corrected chi connectivity index (χ2v) is 6.34. The molecule has 0 bridgehead atoms. The topological polar surface area (TPSA) is 75.0 Å². The van der Waals surface area contributed by atoms with E-state index in [0.29, 0.717) is 25.5 Å². The van der Waals surface area contributed by atoms with Gasteiger partial charge in [0, 0.05) is 25.1 Å². The van der Waals surface area contributed by atoms with E-state index in [1.54, 1.807) is 11.3 Å². The lowest BCUT2D eigenvalue weighted by Gasteiger charge is -2.04. The van der Waals surface area contributed by atoms with Gasteiger partial charge in [0.15, 0.2) is 0 Å². The highest BCUT2D eigenvalue weighted by molar-refractivity contribution is 7.20. The summed E-state index contributed by atoms with van der Waals surface area (Å²) < 4.78 is 5.20. The third kappa shape index (κ3) is 5.28. The molecule has 7 heteroatoms. The standard InChI is InChI=1S/C16H17N3O2S2/c1-2-21-7-4-6-18-15(20)12(10-17)9-13-11-23-16(19-13)14-5-3-8-22-14/h3,5,8-9,11H,2,4,6-7H2,1H3,(H,18,20)/b12-9-. The van der Waals surface area contributed by atoms with Crippen molar-refractivity contribution in [3.8, 4) is 16.0 Å². The Bertz CT molecular complexity index is 699. The molecule has 0 aliphatic heterocycles. The van der Waals surface area contributed by atoms with E-state index in [-0.39, 0.29) is 11.5 Å². The molecular formula is C16H17N3O2S2. The van der Waals surface area contributed by atoms with Crippen molar-refractivity contribution in [2.45, 2.75) is 13.3 Å². The quantitative estimate of drug-likeness (QED) is 0.451. The zero-order valence-corrected chi connectivity index (χ0v) is 14.4. The number of nitrogens with zero attached hydrogens (tertiary/aromatic N) is 2. The first kappa shape index (κ1) is 17.3. The van der Waals surface area contributed by atoms with Crippen LogP contribution in [0.25, 0.3) is 16.0 Å². The molecule has 0 aliphatic rings. The van der Waals surface area contributed by atoms with Gasteiger partial charge in [-0.3, -0.25) is 4.79 Å². The molecule has 120 valence electrons. The van der Waals surface area contributed by atoms with Crippen molar-refractivity contribution in [1.82, 2.24) is 10.3 Å². The molecule has 23 heavy (non-hydrogen) atoms. The van der Waals surface area contributed by atoms with Crippen LogP contribution in [0.15, 0.2) is 28.5 Å². The average Bonchev–Trinajstić information content (AvgIpc) is 3.23. The number of nitrogens with one attached hydrogen (secondary N) is 1. The SMILES string of the molecule is CCOCCCNC(=O)/C(C#N)=C\c1csc(-c2cccs2)n1. The molecule has 0 atom stereocenters. The Morgan fingerprint density at radius 3 is 3.09 bits per heavy atom. The summed E-state index contributed by atoms with van der Waals surface area (Å²) in [5.74, 6) is -0.380. The monoisotopic (exact) mass is 347 g/mol. The van der Waals surface area contributed by atoms with Gasteiger partial charge in [-0.2, -0.15) is 5.26 Å². The van der Waals surface area contributed by atoms with E-state index in [1.165, 1.54) is 17.4 Å². The molecule has 0 saturated carbocycles. The Morgan fingerprint density at radius 1 is 1.52 bits per heavy atom.